The number of hydrogen-bond donors (Lipinski definition) is 2. The number of thioether (sulfide) groups is 1. The number of amides is 1. The van der Waals surface area contributed by atoms with Crippen molar-refractivity contribution in [3.05, 3.63) is 29.8 Å². The Labute approximate surface area is 126 Å². The predicted octanol–water partition coefficient (Wildman–Crippen LogP) is 3.35. The fraction of sp³-hybridized carbons (Fsp3) is 0.562. The molecule has 0 heterocycles. The van der Waals surface area contributed by atoms with Gasteiger partial charge in [-0.1, -0.05) is 32.9 Å². The van der Waals surface area contributed by atoms with E-state index in [1.54, 1.807) is 11.8 Å². The van der Waals surface area contributed by atoms with E-state index in [4.69, 9.17) is 5.73 Å². The lowest BCUT2D eigenvalue weighted by molar-refractivity contribution is -0.122. The lowest BCUT2D eigenvalue weighted by Gasteiger charge is -2.27. The van der Waals surface area contributed by atoms with Crippen LogP contribution in [0.5, 0.6) is 0 Å². The van der Waals surface area contributed by atoms with Gasteiger partial charge in [0, 0.05) is 17.4 Å². The lowest BCUT2D eigenvalue weighted by Crippen LogP contribution is -2.40. The van der Waals surface area contributed by atoms with Crippen molar-refractivity contribution >= 4 is 17.7 Å². The van der Waals surface area contributed by atoms with E-state index in [1.165, 1.54) is 4.90 Å². The third-order valence-corrected chi connectivity index (χ3v) is 4.25. The third kappa shape index (κ3) is 5.17. The van der Waals surface area contributed by atoms with Crippen LogP contribution < -0.4 is 11.1 Å². The van der Waals surface area contributed by atoms with E-state index in [1.807, 2.05) is 13.2 Å². The minimum absolute atomic E-state index is 0.00516. The summed E-state index contributed by atoms with van der Waals surface area (Å²) in [6, 6.07) is 8.13. The van der Waals surface area contributed by atoms with Crippen LogP contribution in [0.15, 0.2) is 29.2 Å². The van der Waals surface area contributed by atoms with Crippen LogP contribution in [0.3, 0.4) is 0 Å². The molecular formula is C16H26N2OS. The summed E-state index contributed by atoms with van der Waals surface area (Å²) in [5.41, 5.74) is 7.10. The van der Waals surface area contributed by atoms with Gasteiger partial charge in [-0.3, -0.25) is 4.79 Å². The number of hydrogen-bond acceptors (Lipinski definition) is 3. The van der Waals surface area contributed by atoms with Gasteiger partial charge in [0.15, 0.2) is 0 Å². The first-order valence-corrected chi connectivity index (χ1v) is 8.15. The lowest BCUT2D eigenvalue weighted by atomic mass is 9.85. The molecule has 0 aromatic heterocycles. The Morgan fingerprint density at radius 1 is 1.30 bits per heavy atom. The minimum atomic E-state index is -0.131. The molecule has 0 radical (unpaired) electrons. The van der Waals surface area contributed by atoms with Gasteiger partial charge >= 0.3 is 0 Å². The van der Waals surface area contributed by atoms with E-state index < -0.39 is 0 Å². The molecule has 0 saturated heterocycles. The number of benzene rings is 1. The Balaban J connectivity index is 2.56. The molecule has 1 aromatic rings. The van der Waals surface area contributed by atoms with Crippen molar-refractivity contribution in [3.63, 3.8) is 0 Å². The summed E-state index contributed by atoms with van der Waals surface area (Å²) in [5, 5.41) is 3.01. The summed E-state index contributed by atoms with van der Waals surface area (Å²) in [7, 11) is 0. The molecule has 0 spiro atoms. The van der Waals surface area contributed by atoms with Crippen LogP contribution in [-0.4, -0.2) is 18.2 Å². The molecule has 1 amide bonds. The largest absolute Gasteiger partial charge is 0.350 e. The Morgan fingerprint density at radius 3 is 2.30 bits per heavy atom. The molecule has 20 heavy (non-hydrogen) atoms. The molecule has 0 aliphatic heterocycles. The quantitative estimate of drug-likeness (QED) is 0.819. The summed E-state index contributed by atoms with van der Waals surface area (Å²) >= 11 is 1.71. The van der Waals surface area contributed by atoms with Gasteiger partial charge in [0.2, 0.25) is 5.91 Å². The highest BCUT2D eigenvalue weighted by Gasteiger charge is 2.23. The van der Waals surface area contributed by atoms with Crippen LogP contribution in [0.25, 0.3) is 0 Å². The summed E-state index contributed by atoms with van der Waals surface area (Å²) in [6.45, 7) is 8.15. The van der Waals surface area contributed by atoms with E-state index in [0.717, 1.165) is 5.56 Å². The first-order chi connectivity index (χ1) is 9.24. The standard InChI is InChI=1S/C16H26N2OS/c1-11(12-6-8-13(20-5)9-7-12)18-15(19)10-14(17)16(2,3)4/h6-9,11,14H,10,17H2,1-5H3,(H,18,19). The van der Waals surface area contributed by atoms with Crippen molar-refractivity contribution in [2.75, 3.05) is 6.26 Å². The van der Waals surface area contributed by atoms with Crippen molar-refractivity contribution in [2.24, 2.45) is 11.1 Å². The van der Waals surface area contributed by atoms with E-state index in [-0.39, 0.29) is 23.4 Å². The predicted molar refractivity (Wildman–Crippen MR) is 86.8 cm³/mol. The molecule has 0 aliphatic carbocycles. The van der Waals surface area contributed by atoms with Crippen molar-refractivity contribution < 1.29 is 4.79 Å². The maximum absolute atomic E-state index is 12.0. The van der Waals surface area contributed by atoms with Gasteiger partial charge in [-0.25, -0.2) is 0 Å². The van der Waals surface area contributed by atoms with Crippen LogP contribution in [0.4, 0.5) is 0 Å². The highest BCUT2D eigenvalue weighted by Crippen LogP contribution is 2.21. The molecular weight excluding hydrogens is 268 g/mol. The first kappa shape index (κ1) is 17.1. The smallest absolute Gasteiger partial charge is 0.222 e. The maximum Gasteiger partial charge on any atom is 0.222 e. The normalized spacial score (nSPS) is 14.7. The molecule has 2 unspecified atom stereocenters. The Kier molecular flexibility index (Phi) is 6.08. The fourth-order valence-electron chi connectivity index (χ4n) is 1.78. The molecule has 0 aliphatic rings. The molecule has 1 aromatic carbocycles. The van der Waals surface area contributed by atoms with E-state index in [0.29, 0.717) is 6.42 Å². The van der Waals surface area contributed by atoms with Crippen molar-refractivity contribution in [1.82, 2.24) is 5.32 Å². The van der Waals surface area contributed by atoms with Crippen LogP contribution >= 0.6 is 11.8 Å². The average Bonchev–Trinajstić information content (AvgIpc) is 2.37. The summed E-state index contributed by atoms with van der Waals surface area (Å²) in [6.07, 6.45) is 2.41. The second-order valence-electron chi connectivity index (χ2n) is 6.24. The summed E-state index contributed by atoms with van der Waals surface area (Å²) in [5.74, 6) is 0.00821. The number of carbonyl (C=O) groups excluding carboxylic acids is 1. The van der Waals surface area contributed by atoms with Gasteiger partial charge in [0.25, 0.3) is 0 Å². The van der Waals surface area contributed by atoms with Crippen LogP contribution in [0.2, 0.25) is 0 Å². The number of nitrogens with one attached hydrogen (secondary N) is 1. The van der Waals surface area contributed by atoms with Crippen LogP contribution in [0.1, 0.15) is 45.7 Å². The number of rotatable bonds is 5. The third-order valence-electron chi connectivity index (χ3n) is 3.51. The first-order valence-electron chi connectivity index (χ1n) is 6.93. The van der Waals surface area contributed by atoms with Gasteiger partial charge in [-0.05, 0) is 36.3 Å². The van der Waals surface area contributed by atoms with Crippen molar-refractivity contribution in [3.8, 4) is 0 Å². The van der Waals surface area contributed by atoms with Gasteiger partial charge in [-0.2, -0.15) is 0 Å². The van der Waals surface area contributed by atoms with E-state index in [9.17, 15) is 4.79 Å². The van der Waals surface area contributed by atoms with Gasteiger partial charge in [0.1, 0.15) is 0 Å². The zero-order valence-electron chi connectivity index (χ0n) is 13.1. The molecule has 0 saturated carbocycles. The zero-order chi connectivity index (χ0) is 15.3. The highest BCUT2D eigenvalue weighted by atomic mass is 32.2. The summed E-state index contributed by atoms with van der Waals surface area (Å²) < 4.78 is 0. The molecule has 4 heteroatoms. The molecule has 2 atom stereocenters. The minimum Gasteiger partial charge on any atom is -0.350 e. The zero-order valence-corrected chi connectivity index (χ0v) is 13.9. The Morgan fingerprint density at radius 2 is 1.85 bits per heavy atom. The maximum atomic E-state index is 12.0. The average molecular weight is 294 g/mol. The fourth-order valence-corrected chi connectivity index (χ4v) is 2.19. The molecule has 0 bridgehead atoms. The summed E-state index contributed by atoms with van der Waals surface area (Å²) in [4.78, 5) is 13.2. The molecule has 3 nitrogen and oxygen atoms in total. The van der Waals surface area contributed by atoms with Gasteiger partial charge in [0.05, 0.1) is 6.04 Å². The number of nitrogens with two attached hydrogens (primary N) is 1. The van der Waals surface area contributed by atoms with Gasteiger partial charge < -0.3 is 11.1 Å². The molecule has 112 valence electrons. The topological polar surface area (TPSA) is 55.1 Å². The molecule has 3 N–H and O–H groups in total. The highest BCUT2D eigenvalue weighted by molar-refractivity contribution is 7.98. The second-order valence-corrected chi connectivity index (χ2v) is 7.12. The van der Waals surface area contributed by atoms with Crippen LogP contribution in [0, 0.1) is 5.41 Å². The SMILES string of the molecule is CSc1ccc(C(C)NC(=O)CC(N)C(C)(C)C)cc1. The van der Waals surface area contributed by atoms with Crippen molar-refractivity contribution in [2.45, 2.75) is 51.1 Å². The van der Waals surface area contributed by atoms with E-state index >= 15 is 0 Å². The van der Waals surface area contributed by atoms with Gasteiger partial charge in [-0.15, -0.1) is 11.8 Å². The Bertz CT molecular complexity index is 437. The number of carbonyl (C=O) groups is 1. The van der Waals surface area contributed by atoms with E-state index in [2.05, 4.69) is 50.4 Å². The second kappa shape index (κ2) is 7.14. The van der Waals surface area contributed by atoms with Crippen molar-refractivity contribution in [1.29, 1.82) is 0 Å². The molecule has 1 rings (SSSR count). The van der Waals surface area contributed by atoms with Crippen LogP contribution in [-0.2, 0) is 4.79 Å². The molecule has 0 fully saturated rings. The monoisotopic (exact) mass is 294 g/mol. The Hall–Kier alpha value is -1.00.